The van der Waals surface area contributed by atoms with Gasteiger partial charge in [0.25, 0.3) is 0 Å². The van der Waals surface area contributed by atoms with E-state index in [2.05, 4.69) is 16.6 Å². The van der Waals surface area contributed by atoms with Crippen molar-refractivity contribution in [3.05, 3.63) is 23.8 Å². The summed E-state index contributed by atoms with van der Waals surface area (Å²) in [5.41, 5.74) is 0.685. The van der Waals surface area contributed by atoms with E-state index in [0.29, 0.717) is 17.1 Å². The number of carbonyl (C=O) groups excluding carboxylic acids is 1. The molecule has 4 heteroatoms. The Bertz CT molecular complexity index is 453. The van der Waals surface area contributed by atoms with Gasteiger partial charge in [0.15, 0.2) is 11.5 Å². The average Bonchev–Trinajstić information content (AvgIpc) is 2.72. The van der Waals surface area contributed by atoms with Crippen molar-refractivity contribution in [1.29, 1.82) is 0 Å². The van der Waals surface area contributed by atoms with E-state index in [9.17, 15) is 4.79 Å². The molecule has 1 aromatic carbocycles. The summed E-state index contributed by atoms with van der Waals surface area (Å²) in [6.45, 7) is 0.225. The Morgan fingerprint density at radius 3 is 3.00 bits per heavy atom. The highest BCUT2D eigenvalue weighted by atomic mass is 16.7. The third-order valence-electron chi connectivity index (χ3n) is 1.87. The number of carbonyl (C=O) groups is 1. The minimum atomic E-state index is -0.562. The zero-order chi connectivity index (χ0) is 10.7. The minimum absolute atomic E-state index is 0.225. The van der Waals surface area contributed by atoms with Crippen molar-refractivity contribution in [2.45, 2.75) is 0 Å². The van der Waals surface area contributed by atoms with Gasteiger partial charge in [-0.2, -0.15) is 0 Å². The fourth-order valence-electron chi connectivity index (χ4n) is 1.15. The van der Waals surface area contributed by atoms with Crippen LogP contribution in [0.1, 0.15) is 5.56 Å². The van der Waals surface area contributed by atoms with E-state index in [0.717, 1.165) is 0 Å². The van der Waals surface area contributed by atoms with Gasteiger partial charge in [0.1, 0.15) is 0 Å². The van der Waals surface area contributed by atoms with Crippen LogP contribution in [0.25, 0.3) is 0 Å². The molecule has 1 heterocycles. The van der Waals surface area contributed by atoms with E-state index in [1.54, 1.807) is 18.2 Å². The van der Waals surface area contributed by atoms with Crippen LogP contribution in [0.2, 0.25) is 0 Å². The Morgan fingerprint density at radius 1 is 1.40 bits per heavy atom. The normalized spacial score (nSPS) is 11.5. The predicted molar refractivity (Wildman–Crippen MR) is 51.5 cm³/mol. The first-order valence-corrected chi connectivity index (χ1v) is 4.29. The van der Waals surface area contributed by atoms with Crippen LogP contribution in [0.5, 0.6) is 11.5 Å². The zero-order valence-corrected chi connectivity index (χ0v) is 8.07. The van der Waals surface area contributed by atoms with Gasteiger partial charge in [0.2, 0.25) is 6.79 Å². The fraction of sp³-hybridized carbons (Fsp3) is 0.182. The number of esters is 1. The van der Waals surface area contributed by atoms with Crippen molar-refractivity contribution in [1.82, 2.24) is 0 Å². The molecule has 76 valence electrons. The van der Waals surface area contributed by atoms with E-state index < -0.39 is 5.97 Å². The minimum Gasteiger partial charge on any atom is -0.459 e. The second-order valence-electron chi connectivity index (χ2n) is 2.81. The highest BCUT2D eigenvalue weighted by Crippen LogP contribution is 2.32. The Kier molecular flexibility index (Phi) is 2.46. The largest absolute Gasteiger partial charge is 0.459 e. The van der Waals surface area contributed by atoms with Gasteiger partial charge in [0.05, 0.1) is 7.11 Å². The van der Waals surface area contributed by atoms with Crippen molar-refractivity contribution in [3.8, 4) is 23.3 Å². The van der Waals surface area contributed by atoms with Gasteiger partial charge in [-0.15, -0.1) is 0 Å². The van der Waals surface area contributed by atoms with E-state index in [1.165, 1.54) is 7.11 Å². The standard InChI is InChI=1S/C11H8O4/c1-13-11(12)5-3-8-2-4-9-10(6-8)15-7-14-9/h2,4,6H,7H2,1H3. The molecule has 0 saturated carbocycles. The molecule has 0 radical (unpaired) electrons. The van der Waals surface area contributed by atoms with Crippen LogP contribution in [0.3, 0.4) is 0 Å². The number of rotatable bonds is 0. The van der Waals surface area contributed by atoms with E-state index in [-0.39, 0.29) is 6.79 Å². The summed E-state index contributed by atoms with van der Waals surface area (Å²) in [4.78, 5) is 10.8. The molecule has 1 aliphatic rings. The molecule has 0 atom stereocenters. The molecule has 1 aromatic rings. The number of fused-ring (bicyclic) bond motifs is 1. The monoisotopic (exact) mass is 204 g/mol. The molecule has 15 heavy (non-hydrogen) atoms. The maximum Gasteiger partial charge on any atom is 0.384 e. The van der Waals surface area contributed by atoms with E-state index in [4.69, 9.17) is 9.47 Å². The Morgan fingerprint density at radius 2 is 2.20 bits per heavy atom. The van der Waals surface area contributed by atoms with Gasteiger partial charge in [-0.3, -0.25) is 0 Å². The molecular weight excluding hydrogens is 196 g/mol. The smallest absolute Gasteiger partial charge is 0.384 e. The van der Waals surface area contributed by atoms with E-state index in [1.807, 2.05) is 0 Å². The first-order valence-electron chi connectivity index (χ1n) is 4.29. The van der Waals surface area contributed by atoms with Crippen LogP contribution in [0.15, 0.2) is 18.2 Å². The van der Waals surface area contributed by atoms with Crippen molar-refractivity contribution in [3.63, 3.8) is 0 Å². The highest BCUT2D eigenvalue weighted by Gasteiger charge is 2.12. The van der Waals surface area contributed by atoms with Crippen LogP contribution >= 0.6 is 0 Å². The van der Waals surface area contributed by atoms with Crippen LogP contribution in [-0.2, 0) is 9.53 Å². The molecule has 1 aliphatic heterocycles. The molecular formula is C11H8O4. The Labute approximate surface area is 86.8 Å². The molecule has 0 amide bonds. The Balaban J connectivity index is 2.22. The number of hydrogen-bond donors (Lipinski definition) is 0. The lowest BCUT2D eigenvalue weighted by Gasteiger charge is -1.95. The predicted octanol–water partition coefficient (Wildman–Crippen LogP) is 0.940. The van der Waals surface area contributed by atoms with Gasteiger partial charge >= 0.3 is 5.97 Å². The molecule has 0 saturated heterocycles. The van der Waals surface area contributed by atoms with Crippen molar-refractivity contribution in [2.75, 3.05) is 13.9 Å². The lowest BCUT2D eigenvalue weighted by molar-refractivity contribution is -0.133. The van der Waals surface area contributed by atoms with Gasteiger partial charge in [-0.1, -0.05) is 5.92 Å². The van der Waals surface area contributed by atoms with Gasteiger partial charge in [0, 0.05) is 11.5 Å². The molecule has 0 spiro atoms. The summed E-state index contributed by atoms with van der Waals surface area (Å²) >= 11 is 0. The van der Waals surface area contributed by atoms with Gasteiger partial charge < -0.3 is 14.2 Å². The SMILES string of the molecule is COC(=O)C#Cc1ccc2c(c1)OCO2. The van der Waals surface area contributed by atoms with Crippen LogP contribution in [0.4, 0.5) is 0 Å². The molecule has 0 fully saturated rings. The molecule has 0 N–H and O–H groups in total. The van der Waals surface area contributed by atoms with Crippen LogP contribution in [-0.4, -0.2) is 19.9 Å². The second kappa shape index (κ2) is 3.93. The number of ether oxygens (including phenoxy) is 3. The molecule has 0 aliphatic carbocycles. The maximum atomic E-state index is 10.8. The highest BCUT2D eigenvalue weighted by molar-refractivity contribution is 5.89. The zero-order valence-electron chi connectivity index (χ0n) is 8.07. The first kappa shape index (κ1) is 9.41. The van der Waals surface area contributed by atoms with Gasteiger partial charge in [-0.05, 0) is 18.2 Å². The second-order valence-corrected chi connectivity index (χ2v) is 2.81. The summed E-state index contributed by atoms with van der Waals surface area (Å²) in [6, 6.07) is 5.23. The summed E-state index contributed by atoms with van der Waals surface area (Å²) in [5.74, 6) is 5.77. The molecule has 0 bridgehead atoms. The van der Waals surface area contributed by atoms with Crippen molar-refractivity contribution in [2.24, 2.45) is 0 Å². The van der Waals surface area contributed by atoms with Crippen molar-refractivity contribution < 1.29 is 19.0 Å². The third kappa shape index (κ3) is 2.02. The summed E-state index contributed by atoms with van der Waals surface area (Å²) < 4.78 is 14.7. The van der Waals surface area contributed by atoms with Gasteiger partial charge in [-0.25, -0.2) is 4.79 Å². The average molecular weight is 204 g/mol. The number of hydrogen-bond acceptors (Lipinski definition) is 4. The lowest BCUT2D eigenvalue weighted by Crippen LogP contribution is -1.94. The molecule has 2 rings (SSSR count). The lowest BCUT2D eigenvalue weighted by atomic mass is 10.2. The molecule has 0 unspecified atom stereocenters. The summed E-state index contributed by atoms with van der Waals surface area (Å²) in [6.07, 6.45) is 0. The summed E-state index contributed by atoms with van der Waals surface area (Å²) in [7, 11) is 1.29. The Hall–Kier alpha value is -2.15. The topological polar surface area (TPSA) is 44.8 Å². The number of benzene rings is 1. The van der Waals surface area contributed by atoms with Crippen LogP contribution in [0, 0.1) is 11.8 Å². The van der Waals surface area contributed by atoms with Crippen LogP contribution < -0.4 is 9.47 Å². The van der Waals surface area contributed by atoms with E-state index >= 15 is 0 Å². The summed E-state index contributed by atoms with van der Waals surface area (Å²) in [5, 5.41) is 0. The fourth-order valence-corrected chi connectivity index (χ4v) is 1.15. The van der Waals surface area contributed by atoms with Crippen molar-refractivity contribution >= 4 is 5.97 Å². The molecule has 0 aromatic heterocycles. The quantitative estimate of drug-likeness (QED) is 0.466. The first-order chi connectivity index (χ1) is 7.29. The molecule has 4 nitrogen and oxygen atoms in total. The maximum absolute atomic E-state index is 10.8. The number of methoxy groups -OCH3 is 1. The third-order valence-corrected chi connectivity index (χ3v) is 1.87.